The van der Waals surface area contributed by atoms with Crippen molar-refractivity contribution in [3.05, 3.63) is 47.2 Å². The number of nitrogens with zero attached hydrogens (tertiary/aromatic N) is 3. The summed E-state index contributed by atoms with van der Waals surface area (Å²) in [6, 6.07) is 4.41. The molecule has 2 aromatic rings. The summed E-state index contributed by atoms with van der Waals surface area (Å²) in [5, 5.41) is 3.41. The number of carbonyl (C=O) groups excluding carboxylic acids is 1. The molecule has 0 bridgehead atoms. The number of pyridine rings is 1. The Morgan fingerprint density at radius 3 is 2.77 bits per heavy atom. The Hall–Kier alpha value is -2.50. The Morgan fingerprint density at radius 1 is 1.17 bits per heavy atom. The molecule has 0 radical (unpaired) electrons. The van der Waals surface area contributed by atoms with Crippen LogP contribution >= 0.6 is 0 Å². The zero-order valence-electron chi connectivity index (χ0n) is 18.3. The van der Waals surface area contributed by atoms with Crippen molar-refractivity contribution in [3.8, 4) is 0 Å². The number of hydrogen-bond donors (Lipinski definition) is 1. The molecular formula is C24H34N4O2. The number of hydrogen-bond acceptors (Lipinski definition) is 6. The van der Waals surface area contributed by atoms with E-state index in [9.17, 15) is 4.79 Å². The SMILES string of the molecule is CCOC(=O)CC(CCCCCCc1ccc2c(n1)NCCC2)c1cnc(C)nc1. The molecule has 1 atom stereocenters. The number of nitrogens with one attached hydrogen (secondary N) is 1. The van der Waals surface area contributed by atoms with Gasteiger partial charge in [0.25, 0.3) is 0 Å². The highest BCUT2D eigenvalue weighted by atomic mass is 16.5. The molecule has 6 heteroatoms. The smallest absolute Gasteiger partial charge is 0.306 e. The van der Waals surface area contributed by atoms with Crippen LogP contribution in [-0.2, 0) is 22.4 Å². The van der Waals surface area contributed by atoms with Crippen LogP contribution < -0.4 is 5.32 Å². The molecule has 0 amide bonds. The molecule has 1 unspecified atom stereocenters. The predicted octanol–water partition coefficient (Wildman–Crippen LogP) is 4.77. The molecule has 3 rings (SSSR count). The molecule has 0 fully saturated rings. The minimum absolute atomic E-state index is 0.123. The summed E-state index contributed by atoms with van der Waals surface area (Å²) in [5.74, 6) is 1.81. The van der Waals surface area contributed by atoms with Gasteiger partial charge >= 0.3 is 5.97 Å². The Morgan fingerprint density at radius 2 is 1.97 bits per heavy atom. The van der Waals surface area contributed by atoms with Crippen LogP contribution in [0.2, 0.25) is 0 Å². The van der Waals surface area contributed by atoms with Crippen LogP contribution in [0.5, 0.6) is 0 Å². The minimum Gasteiger partial charge on any atom is -0.466 e. The van der Waals surface area contributed by atoms with Gasteiger partial charge in [-0.15, -0.1) is 0 Å². The maximum absolute atomic E-state index is 12.0. The van der Waals surface area contributed by atoms with Crippen molar-refractivity contribution in [2.24, 2.45) is 0 Å². The van der Waals surface area contributed by atoms with Crippen LogP contribution in [0, 0.1) is 6.92 Å². The Balaban J connectivity index is 1.42. The first-order valence-corrected chi connectivity index (χ1v) is 11.3. The second-order valence-electron chi connectivity index (χ2n) is 8.06. The van der Waals surface area contributed by atoms with Crippen molar-refractivity contribution in [2.45, 2.75) is 77.6 Å². The summed E-state index contributed by atoms with van der Waals surface area (Å²) in [5.41, 5.74) is 3.55. The molecule has 3 heterocycles. The van der Waals surface area contributed by atoms with Crippen molar-refractivity contribution in [2.75, 3.05) is 18.5 Å². The Labute approximate surface area is 179 Å². The van der Waals surface area contributed by atoms with Crippen LogP contribution in [-0.4, -0.2) is 34.1 Å². The zero-order valence-corrected chi connectivity index (χ0v) is 18.3. The fourth-order valence-electron chi connectivity index (χ4n) is 3.98. The molecule has 30 heavy (non-hydrogen) atoms. The van der Waals surface area contributed by atoms with E-state index in [-0.39, 0.29) is 11.9 Å². The summed E-state index contributed by atoms with van der Waals surface area (Å²) in [6.07, 6.45) is 12.9. The van der Waals surface area contributed by atoms with Gasteiger partial charge in [0.1, 0.15) is 11.6 Å². The summed E-state index contributed by atoms with van der Waals surface area (Å²) < 4.78 is 5.16. The average Bonchev–Trinajstić information content (AvgIpc) is 2.76. The molecule has 6 nitrogen and oxygen atoms in total. The van der Waals surface area contributed by atoms with Gasteiger partial charge in [-0.25, -0.2) is 15.0 Å². The predicted molar refractivity (Wildman–Crippen MR) is 119 cm³/mol. The van der Waals surface area contributed by atoms with Crippen LogP contribution in [0.3, 0.4) is 0 Å². The van der Waals surface area contributed by atoms with Gasteiger partial charge in [-0.05, 0) is 69.1 Å². The fourth-order valence-corrected chi connectivity index (χ4v) is 3.98. The number of ether oxygens (including phenoxy) is 1. The summed E-state index contributed by atoms with van der Waals surface area (Å²) >= 11 is 0. The lowest BCUT2D eigenvalue weighted by molar-refractivity contribution is -0.143. The van der Waals surface area contributed by atoms with Crippen molar-refractivity contribution in [1.29, 1.82) is 0 Å². The number of carbonyl (C=O) groups is 1. The van der Waals surface area contributed by atoms with Gasteiger partial charge in [-0.3, -0.25) is 4.79 Å². The lowest BCUT2D eigenvalue weighted by Gasteiger charge is -2.17. The van der Waals surface area contributed by atoms with Crippen molar-refractivity contribution in [3.63, 3.8) is 0 Å². The van der Waals surface area contributed by atoms with E-state index < -0.39 is 0 Å². The van der Waals surface area contributed by atoms with E-state index in [4.69, 9.17) is 9.72 Å². The minimum atomic E-state index is -0.143. The van der Waals surface area contributed by atoms with E-state index in [1.165, 1.54) is 24.1 Å². The third-order valence-corrected chi connectivity index (χ3v) is 5.68. The number of fused-ring (bicyclic) bond motifs is 1. The normalized spacial score (nSPS) is 13.9. The van der Waals surface area contributed by atoms with Gasteiger partial charge < -0.3 is 10.1 Å². The third-order valence-electron chi connectivity index (χ3n) is 5.68. The molecule has 0 spiro atoms. The molecule has 1 aliphatic heterocycles. The van der Waals surface area contributed by atoms with Gasteiger partial charge in [0.2, 0.25) is 0 Å². The second kappa shape index (κ2) is 11.6. The van der Waals surface area contributed by atoms with Gasteiger partial charge in [0.05, 0.1) is 13.0 Å². The summed E-state index contributed by atoms with van der Waals surface area (Å²) in [4.78, 5) is 25.4. The number of anilines is 1. The van der Waals surface area contributed by atoms with E-state index in [1.807, 2.05) is 26.2 Å². The van der Waals surface area contributed by atoms with E-state index in [0.29, 0.717) is 13.0 Å². The first-order valence-electron chi connectivity index (χ1n) is 11.3. The molecule has 1 aliphatic rings. The van der Waals surface area contributed by atoms with E-state index in [0.717, 1.165) is 62.3 Å². The largest absolute Gasteiger partial charge is 0.466 e. The lowest BCUT2D eigenvalue weighted by atomic mass is 9.92. The first kappa shape index (κ1) is 22.2. The van der Waals surface area contributed by atoms with Crippen molar-refractivity contribution >= 4 is 11.8 Å². The standard InChI is InChI=1S/C24H34N4O2/c1-3-30-23(29)15-20(21-16-26-18(2)27-17-21)9-6-4-5-7-11-22-13-12-19-10-8-14-25-24(19)28-22/h12-13,16-17,20H,3-11,14-15H2,1-2H3,(H,25,28). The van der Waals surface area contributed by atoms with E-state index in [1.54, 1.807) is 0 Å². The van der Waals surface area contributed by atoms with Gasteiger partial charge in [-0.1, -0.05) is 25.3 Å². The highest BCUT2D eigenvalue weighted by Crippen LogP contribution is 2.26. The zero-order chi connectivity index (χ0) is 21.2. The Kier molecular flexibility index (Phi) is 8.60. The molecule has 162 valence electrons. The number of esters is 1. The topological polar surface area (TPSA) is 77.0 Å². The van der Waals surface area contributed by atoms with Crippen LogP contribution in [0.1, 0.15) is 80.4 Å². The lowest BCUT2D eigenvalue weighted by Crippen LogP contribution is -2.14. The molecule has 2 aromatic heterocycles. The molecule has 0 aliphatic carbocycles. The van der Waals surface area contributed by atoms with Gasteiger partial charge in [0.15, 0.2) is 0 Å². The number of aromatic nitrogens is 3. The van der Waals surface area contributed by atoms with Crippen LogP contribution in [0.25, 0.3) is 0 Å². The van der Waals surface area contributed by atoms with Crippen LogP contribution in [0.15, 0.2) is 24.5 Å². The summed E-state index contributed by atoms with van der Waals surface area (Å²) in [7, 11) is 0. The van der Waals surface area contributed by atoms with Crippen molar-refractivity contribution < 1.29 is 9.53 Å². The molecule has 0 saturated heterocycles. The maximum Gasteiger partial charge on any atom is 0.306 e. The first-order chi connectivity index (χ1) is 14.7. The molecule has 0 aromatic carbocycles. The van der Waals surface area contributed by atoms with Gasteiger partial charge in [-0.2, -0.15) is 0 Å². The average molecular weight is 411 g/mol. The van der Waals surface area contributed by atoms with E-state index >= 15 is 0 Å². The van der Waals surface area contributed by atoms with Crippen molar-refractivity contribution in [1.82, 2.24) is 15.0 Å². The third kappa shape index (κ3) is 6.78. The monoisotopic (exact) mass is 410 g/mol. The van der Waals surface area contributed by atoms with Gasteiger partial charge in [0, 0.05) is 24.6 Å². The molecular weight excluding hydrogens is 376 g/mol. The Bertz CT molecular complexity index is 807. The highest BCUT2D eigenvalue weighted by molar-refractivity contribution is 5.70. The number of aryl methyl sites for hydroxylation is 3. The highest BCUT2D eigenvalue weighted by Gasteiger charge is 2.17. The molecule has 0 saturated carbocycles. The number of unbranched alkanes of at least 4 members (excludes halogenated alkanes) is 3. The fraction of sp³-hybridized carbons (Fsp3) is 0.583. The molecule has 1 N–H and O–H groups in total. The van der Waals surface area contributed by atoms with Crippen LogP contribution in [0.4, 0.5) is 5.82 Å². The quantitative estimate of drug-likeness (QED) is 0.425. The number of rotatable bonds is 11. The summed E-state index contributed by atoms with van der Waals surface area (Å²) in [6.45, 7) is 5.16. The van der Waals surface area contributed by atoms with E-state index in [2.05, 4.69) is 27.4 Å². The second-order valence-corrected chi connectivity index (χ2v) is 8.06. The maximum atomic E-state index is 12.0.